The van der Waals surface area contributed by atoms with E-state index in [2.05, 4.69) is 32.9 Å². The minimum absolute atomic E-state index is 0.472. The summed E-state index contributed by atoms with van der Waals surface area (Å²) in [6.45, 7) is 6.62. The van der Waals surface area contributed by atoms with Crippen LogP contribution in [0, 0.1) is 5.92 Å². The Morgan fingerprint density at radius 1 is 1.33 bits per heavy atom. The van der Waals surface area contributed by atoms with E-state index in [0.29, 0.717) is 12.2 Å². The van der Waals surface area contributed by atoms with Crippen molar-refractivity contribution in [1.82, 2.24) is 0 Å². The summed E-state index contributed by atoms with van der Waals surface area (Å²) in [5.41, 5.74) is 0. The maximum absolute atomic E-state index is 5.77. The Kier molecular flexibility index (Phi) is 3.80. The van der Waals surface area contributed by atoms with E-state index < -0.39 is 0 Å². The molecule has 0 radical (unpaired) electrons. The molecule has 0 spiro atoms. The predicted octanol–water partition coefficient (Wildman–Crippen LogP) is 3.16. The number of hydrogen-bond donors (Lipinski definition) is 0. The first kappa shape index (κ1) is 9.79. The lowest BCUT2D eigenvalue weighted by atomic mass is 10.00. The smallest absolute Gasteiger partial charge is 0.0639 e. The Balaban J connectivity index is 2.28. The quantitative estimate of drug-likeness (QED) is 0.588. The molecule has 1 rings (SSSR count). The molecular formula is C11H20O. The van der Waals surface area contributed by atoms with E-state index in [1.165, 1.54) is 6.42 Å². The molecule has 3 atom stereocenters. The van der Waals surface area contributed by atoms with E-state index in [1.54, 1.807) is 0 Å². The fraction of sp³-hybridized carbons (Fsp3) is 0.818. The van der Waals surface area contributed by atoms with Gasteiger partial charge in [-0.2, -0.15) is 0 Å². The molecule has 1 heterocycles. The van der Waals surface area contributed by atoms with Gasteiger partial charge in [-0.1, -0.05) is 26.0 Å². The monoisotopic (exact) mass is 168 g/mol. The van der Waals surface area contributed by atoms with Crippen molar-refractivity contribution in [2.75, 3.05) is 0 Å². The highest BCUT2D eigenvalue weighted by molar-refractivity contribution is 4.88. The zero-order valence-electron chi connectivity index (χ0n) is 8.42. The van der Waals surface area contributed by atoms with Crippen molar-refractivity contribution < 1.29 is 4.74 Å². The highest BCUT2D eigenvalue weighted by atomic mass is 16.5. The summed E-state index contributed by atoms with van der Waals surface area (Å²) < 4.78 is 5.77. The Hall–Kier alpha value is -0.300. The van der Waals surface area contributed by atoms with Crippen LogP contribution in [0.15, 0.2) is 12.2 Å². The van der Waals surface area contributed by atoms with Gasteiger partial charge in [0.2, 0.25) is 0 Å². The molecule has 0 aromatic carbocycles. The van der Waals surface area contributed by atoms with Crippen molar-refractivity contribution in [3.63, 3.8) is 0 Å². The van der Waals surface area contributed by atoms with Gasteiger partial charge in [-0.05, 0) is 32.1 Å². The topological polar surface area (TPSA) is 9.23 Å². The van der Waals surface area contributed by atoms with Gasteiger partial charge in [-0.15, -0.1) is 0 Å². The van der Waals surface area contributed by atoms with Gasteiger partial charge >= 0.3 is 0 Å². The Labute approximate surface area is 75.8 Å². The number of rotatable bonds is 3. The minimum Gasteiger partial charge on any atom is -0.375 e. The van der Waals surface area contributed by atoms with Crippen LogP contribution in [0.25, 0.3) is 0 Å². The molecule has 0 amide bonds. The van der Waals surface area contributed by atoms with E-state index >= 15 is 0 Å². The fourth-order valence-electron chi connectivity index (χ4n) is 1.85. The summed E-state index contributed by atoms with van der Waals surface area (Å²) in [5.74, 6) is 0.738. The van der Waals surface area contributed by atoms with Gasteiger partial charge in [0.1, 0.15) is 0 Å². The van der Waals surface area contributed by atoms with Crippen LogP contribution in [0.4, 0.5) is 0 Å². The van der Waals surface area contributed by atoms with Crippen molar-refractivity contribution in [3.8, 4) is 0 Å². The van der Waals surface area contributed by atoms with Crippen LogP contribution in [-0.4, -0.2) is 12.2 Å². The first-order valence-electron chi connectivity index (χ1n) is 5.04. The lowest BCUT2D eigenvalue weighted by Gasteiger charge is -2.11. The predicted molar refractivity (Wildman–Crippen MR) is 52.2 cm³/mol. The second-order valence-electron chi connectivity index (χ2n) is 3.81. The molecule has 1 fully saturated rings. The van der Waals surface area contributed by atoms with Crippen LogP contribution in [0.1, 0.15) is 40.0 Å². The molecule has 0 aliphatic carbocycles. The third-order valence-electron chi connectivity index (χ3n) is 2.52. The lowest BCUT2D eigenvalue weighted by Crippen LogP contribution is -2.12. The maximum Gasteiger partial charge on any atom is 0.0639 e. The average molecular weight is 168 g/mol. The van der Waals surface area contributed by atoms with Crippen LogP contribution < -0.4 is 0 Å². The summed E-state index contributed by atoms with van der Waals surface area (Å²) in [6.07, 6.45) is 8.88. The summed E-state index contributed by atoms with van der Waals surface area (Å²) in [4.78, 5) is 0. The van der Waals surface area contributed by atoms with Gasteiger partial charge in [0.25, 0.3) is 0 Å². The molecule has 1 heteroatoms. The van der Waals surface area contributed by atoms with Crippen LogP contribution in [0.5, 0.6) is 0 Å². The Morgan fingerprint density at radius 2 is 2.08 bits per heavy atom. The first-order valence-corrected chi connectivity index (χ1v) is 5.04. The summed E-state index contributed by atoms with van der Waals surface area (Å²) >= 11 is 0. The fourth-order valence-corrected chi connectivity index (χ4v) is 1.85. The molecule has 70 valence electrons. The lowest BCUT2D eigenvalue weighted by molar-refractivity contribution is 0.0480. The molecule has 0 N–H and O–H groups in total. The number of hydrogen-bond acceptors (Lipinski definition) is 1. The second-order valence-corrected chi connectivity index (χ2v) is 3.81. The van der Waals surface area contributed by atoms with E-state index in [1.807, 2.05) is 0 Å². The first-order chi connectivity index (χ1) is 5.74. The molecule has 1 aliphatic rings. The summed E-state index contributed by atoms with van der Waals surface area (Å²) in [7, 11) is 0. The molecule has 1 aliphatic heterocycles. The SMILES string of the molecule is CC/C=C/C[C@@H]1O[C@H](C)C[C@@H]1C. The van der Waals surface area contributed by atoms with Crippen molar-refractivity contribution in [2.45, 2.75) is 52.2 Å². The molecule has 1 saturated heterocycles. The maximum atomic E-state index is 5.77. The van der Waals surface area contributed by atoms with Gasteiger partial charge in [-0.25, -0.2) is 0 Å². The van der Waals surface area contributed by atoms with Gasteiger partial charge in [-0.3, -0.25) is 0 Å². The van der Waals surface area contributed by atoms with Gasteiger partial charge < -0.3 is 4.74 Å². The Bertz CT molecular complexity index is 151. The third kappa shape index (κ3) is 2.63. The molecule has 0 bridgehead atoms. The van der Waals surface area contributed by atoms with Crippen LogP contribution in [0.2, 0.25) is 0 Å². The van der Waals surface area contributed by atoms with Crippen molar-refractivity contribution in [1.29, 1.82) is 0 Å². The van der Waals surface area contributed by atoms with Crippen molar-refractivity contribution in [2.24, 2.45) is 5.92 Å². The highest BCUT2D eigenvalue weighted by Crippen LogP contribution is 2.27. The van der Waals surface area contributed by atoms with Crippen LogP contribution in [0.3, 0.4) is 0 Å². The molecular weight excluding hydrogens is 148 g/mol. The van der Waals surface area contributed by atoms with E-state index in [-0.39, 0.29) is 0 Å². The van der Waals surface area contributed by atoms with Gasteiger partial charge in [0.15, 0.2) is 0 Å². The largest absolute Gasteiger partial charge is 0.375 e. The van der Waals surface area contributed by atoms with Crippen molar-refractivity contribution >= 4 is 0 Å². The zero-order valence-corrected chi connectivity index (χ0v) is 8.42. The number of allylic oxidation sites excluding steroid dienone is 1. The van der Waals surface area contributed by atoms with E-state index in [9.17, 15) is 0 Å². The second kappa shape index (κ2) is 4.66. The van der Waals surface area contributed by atoms with Gasteiger partial charge in [0, 0.05) is 0 Å². The molecule has 0 saturated carbocycles. The zero-order chi connectivity index (χ0) is 8.97. The third-order valence-corrected chi connectivity index (χ3v) is 2.52. The summed E-state index contributed by atoms with van der Waals surface area (Å²) in [5, 5.41) is 0. The average Bonchev–Trinajstić information content (AvgIpc) is 2.31. The Morgan fingerprint density at radius 3 is 2.58 bits per heavy atom. The molecule has 0 unspecified atom stereocenters. The van der Waals surface area contributed by atoms with Crippen LogP contribution >= 0.6 is 0 Å². The normalized spacial score (nSPS) is 36.4. The van der Waals surface area contributed by atoms with E-state index in [0.717, 1.165) is 18.8 Å². The molecule has 1 nitrogen and oxygen atoms in total. The standard InChI is InChI=1S/C11H20O/c1-4-5-6-7-11-9(2)8-10(3)12-11/h5-6,9-11H,4,7-8H2,1-3H3/b6-5+/t9-,10+,11-/m0/s1. The molecule has 12 heavy (non-hydrogen) atoms. The molecule has 0 aromatic rings. The minimum atomic E-state index is 0.472. The summed E-state index contributed by atoms with van der Waals surface area (Å²) in [6, 6.07) is 0. The van der Waals surface area contributed by atoms with Crippen LogP contribution in [-0.2, 0) is 4.74 Å². The number of ether oxygens (including phenoxy) is 1. The van der Waals surface area contributed by atoms with Gasteiger partial charge in [0.05, 0.1) is 12.2 Å². The highest BCUT2D eigenvalue weighted by Gasteiger charge is 2.27. The van der Waals surface area contributed by atoms with Crippen molar-refractivity contribution in [3.05, 3.63) is 12.2 Å². The molecule has 0 aromatic heterocycles. The van der Waals surface area contributed by atoms with E-state index in [4.69, 9.17) is 4.74 Å².